The van der Waals surface area contributed by atoms with Crippen LogP contribution in [0.25, 0.3) is 76.9 Å². The third kappa shape index (κ3) is 4.88. The van der Waals surface area contributed by atoms with Gasteiger partial charge in [0, 0.05) is 44.6 Å². The van der Waals surface area contributed by atoms with E-state index in [-0.39, 0.29) is 5.41 Å². The minimum absolute atomic E-state index is 0.139. The van der Waals surface area contributed by atoms with Crippen LogP contribution < -0.4 is 4.90 Å². The van der Waals surface area contributed by atoms with Gasteiger partial charge in [0.1, 0.15) is 11.2 Å². The Morgan fingerprint density at radius 2 is 1.00 bits per heavy atom. The second-order valence-corrected chi connectivity index (χ2v) is 15.3. The minimum atomic E-state index is -0.139. The molecule has 260 valence electrons. The maximum atomic E-state index is 7.00. The van der Waals surface area contributed by atoms with Crippen LogP contribution in [0.5, 0.6) is 0 Å². The molecule has 11 rings (SSSR count). The second kappa shape index (κ2) is 12.1. The van der Waals surface area contributed by atoms with Crippen molar-refractivity contribution in [1.82, 2.24) is 0 Å². The molecular weight excluding hydrogens is 667 g/mol. The molecule has 2 heteroatoms. The molecule has 55 heavy (non-hydrogen) atoms. The van der Waals surface area contributed by atoms with Crippen LogP contribution in [0.3, 0.4) is 0 Å². The monoisotopic (exact) mass is 703 g/mol. The molecule has 0 aliphatic heterocycles. The molecule has 0 saturated heterocycles. The number of hydrogen-bond donors (Lipinski definition) is 0. The van der Waals surface area contributed by atoms with Gasteiger partial charge in [-0.3, -0.25) is 0 Å². The molecule has 0 atom stereocenters. The van der Waals surface area contributed by atoms with Gasteiger partial charge < -0.3 is 9.32 Å². The molecule has 1 aliphatic rings. The van der Waals surface area contributed by atoms with E-state index in [1.807, 2.05) is 0 Å². The van der Waals surface area contributed by atoms with Gasteiger partial charge in [0.2, 0.25) is 0 Å². The number of fused-ring (bicyclic) bond motifs is 9. The zero-order chi connectivity index (χ0) is 36.7. The number of furan rings is 1. The molecule has 1 aliphatic carbocycles. The van der Waals surface area contributed by atoms with Crippen LogP contribution in [-0.2, 0) is 5.41 Å². The molecule has 0 unspecified atom stereocenters. The summed E-state index contributed by atoms with van der Waals surface area (Å²) < 4.78 is 7.00. The fourth-order valence-electron chi connectivity index (χ4n) is 9.10. The Bertz CT molecular complexity index is 3120. The number of benzene rings is 9. The Hall–Kier alpha value is -6.90. The lowest BCUT2D eigenvalue weighted by atomic mass is 9.82. The van der Waals surface area contributed by atoms with Crippen molar-refractivity contribution >= 4 is 60.5 Å². The number of hydrogen-bond acceptors (Lipinski definition) is 2. The summed E-state index contributed by atoms with van der Waals surface area (Å²) in [6.45, 7) is 4.71. The highest BCUT2D eigenvalue weighted by Crippen LogP contribution is 2.52. The van der Waals surface area contributed by atoms with Crippen LogP contribution in [-0.4, -0.2) is 0 Å². The van der Waals surface area contributed by atoms with Gasteiger partial charge in [-0.1, -0.05) is 159 Å². The molecule has 0 spiro atoms. The maximum Gasteiger partial charge on any atom is 0.143 e. The van der Waals surface area contributed by atoms with E-state index in [1.54, 1.807) is 0 Å². The normalized spacial score (nSPS) is 13.1. The van der Waals surface area contributed by atoms with Gasteiger partial charge in [-0.15, -0.1) is 0 Å². The van der Waals surface area contributed by atoms with Crippen molar-refractivity contribution in [3.63, 3.8) is 0 Å². The minimum Gasteiger partial charge on any atom is -0.455 e. The fourth-order valence-corrected chi connectivity index (χ4v) is 9.10. The smallest absolute Gasteiger partial charge is 0.143 e. The summed E-state index contributed by atoms with van der Waals surface area (Å²) in [6, 6.07) is 68.4. The summed E-state index contributed by atoms with van der Waals surface area (Å²) in [5.74, 6) is 0. The number of rotatable bonds is 5. The van der Waals surface area contributed by atoms with Gasteiger partial charge >= 0.3 is 0 Å². The zero-order valence-corrected chi connectivity index (χ0v) is 30.8. The molecule has 0 bridgehead atoms. The van der Waals surface area contributed by atoms with E-state index in [4.69, 9.17) is 4.42 Å². The van der Waals surface area contributed by atoms with E-state index in [0.717, 1.165) is 55.5 Å². The number of anilines is 3. The van der Waals surface area contributed by atoms with Crippen molar-refractivity contribution in [2.24, 2.45) is 0 Å². The van der Waals surface area contributed by atoms with Crippen LogP contribution in [0.1, 0.15) is 25.0 Å². The molecule has 0 fully saturated rings. The van der Waals surface area contributed by atoms with Crippen LogP contribution in [0, 0.1) is 0 Å². The summed E-state index contributed by atoms with van der Waals surface area (Å²) in [6.07, 6.45) is 0. The molecule has 0 saturated carbocycles. The SMILES string of the molecule is CC1(C)c2ccccc2-c2ccc(N(c3ccc4ccccc4c3)c3cc4oc5c6ccccc6c(-c6ccccc6)cc5c4cc3-c3ccccc3)cc21. The van der Waals surface area contributed by atoms with Crippen LogP contribution >= 0.6 is 0 Å². The Labute approximate surface area is 320 Å². The third-order valence-electron chi connectivity index (χ3n) is 11.8. The highest BCUT2D eigenvalue weighted by Gasteiger charge is 2.36. The molecule has 9 aromatic carbocycles. The summed E-state index contributed by atoms with van der Waals surface area (Å²) in [5.41, 5.74) is 14.9. The lowest BCUT2D eigenvalue weighted by Crippen LogP contribution is -2.17. The van der Waals surface area contributed by atoms with E-state index in [1.165, 1.54) is 49.5 Å². The molecule has 10 aromatic rings. The van der Waals surface area contributed by atoms with Gasteiger partial charge in [-0.2, -0.15) is 0 Å². The molecule has 0 amide bonds. The molecule has 0 N–H and O–H groups in total. The largest absolute Gasteiger partial charge is 0.455 e. The van der Waals surface area contributed by atoms with E-state index in [2.05, 4.69) is 207 Å². The van der Waals surface area contributed by atoms with Crippen molar-refractivity contribution in [3.8, 4) is 33.4 Å². The maximum absolute atomic E-state index is 7.00. The van der Waals surface area contributed by atoms with Gasteiger partial charge in [0.05, 0.1) is 5.69 Å². The third-order valence-corrected chi connectivity index (χ3v) is 11.8. The van der Waals surface area contributed by atoms with Crippen molar-refractivity contribution in [3.05, 3.63) is 199 Å². The molecule has 1 heterocycles. The van der Waals surface area contributed by atoms with Crippen molar-refractivity contribution in [2.45, 2.75) is 19.3 Å². The summed E-state index contributed by atoms with van der Waals surface area (Å²) in [4.78, 5) is 2.44. The van der Waals surface area contributed by atoms with E-state index >= 15 is 0 Å². The summed E-state index contributed by atoms with van der Waals surface area (Å²) in [7, 11) is 0. The zero-order valence-electron chi connectivity index (χ0n) is 30.8. The Morgan fingerprint density at radius 1 is 0.400 bits per heavy atom. The predicted octanol–water partition coefficient (Wildman–Crippen LogP) is 15.0. The Balaban J connectivity index is 1.22. The Kier molecular flexibility index (Phi) is 6.93. The van der Waals surface area contributed by atoms with Crippen LogP contribution in [0.15, 0.2) is 192 Å². The lowest BCUT2D eigenvalue weighted by molar-refractivity contribution is 0.660. The van der Waals surface area contributed by atoms with E-state index < -0.39 is 0 Å². The first kappa shape index (κ1) is 31.6. The highest BCUT2D eigenvalue weighted by molar-refractivity contribution is 6.20. The number of nitrogens with zero attached hydrogens (tertiary/aromatic N) is 1. The summed E-state index contributed by atoms with van der Waals surface area (Å²) >= 11 is 0. The average Bonchev–Trinajstić information content (AvgIpc) is 3.72. The first-order chi connectivity index (χ1) is 27.0. The second-order valence-electron chi connectivity index (χ2n) is 15.3. The standard InChI is InChI=1S/C53H37NO/c1-53(2)48-24-14-13-22-41(48)42-28-27-39(30-49(42)53)54(38-26-25-34-15-9-10-20-37(34)29-38)50-33-51-46(32-45(50)36-18-7-4-8-19-36)47-31-44(35-16-5-3-6-17-35)40-21-11-12-23-43(40)52(47)55-51/h3-33H,1-2H3. The first-order valence-corrected chi connectivity index (χ1v) is 19.1. The van der Waals surface area contributed by atoms with Gasteiger partial charge in [0.15, 0.2) is 0 Å². The van der Waals surface area contributed by atoms with E-state index in [0.29, 0.717) is 0 Å². The lowest BCUT2D eigenvalue weighted by Gasteiger charge is -2.30. The van der Waals surface area contributed by atoms with Crippen LogP contribution in [0.2, 0.25) is 0 Å². The van der Waals surface area contributed by atoms with Gasteiger partial charge in [-0.25, -0.2) is 0 Å². The predicted molar refractivity (Wildman–Crippen MR) is 232 cm³/mol. The van der Waals surface area contributed by atoms with Crippen molar-refractivity contribution in [1.29, 1.82) is 0 Å². The van der Waals surface area contributed by atoms with Gasteiger partial charge in [-0.05, 0) is 91.5 Å². The topological polar surface area (TPSA) is 16.4 Å². The molecule has 0 radical (unpaired) electrons. The summed E-state index contributed by atoms with van der Waals surface area (Å²) in [5, 5.41) is 6.93. The van der Waals surface area contributed by atoms with Gasteiger partial charge in [0.25, 0.3) is 0 Å². The quantitative estimate of drug-likeness (QED) is 0.177. The Morgan fingerprint density at radius 3 is 1.80 bits per heavy atom. The van der Waals surface area contributed by atoms with Crippen molar-refractivity contribution < 1.29 is 4.42 Å². The van der Waals surface area contributed by atoms with Crippen molar-refractivity contribution in [2.75, 3.05) is 4.90 Å². The first-order valence-electron chi connectivity index (χ1n) is 19.1. The molecular formula is C53H37NO. The van der Waals surface area contributed by atoms with Crippen LogP contribution in [0.4, 0.5) is 17.1 Å². The average molecular weight is 704 g/mol. The molecule has 2 nitrogen and oxygen atoms in total. The van der Waals surface area contributed by atoms with E-state index in [9.17, 15) is 0 Å². The highest BCUT2D eigenvalue weighted by atomic mass is 16.3. The molecule has 1 aromatic heterocycles. The fraction of sp³-hybridized carbons (Fsp3) is 0.0566.